The van der Waals surface area contributed by atoms with E-state index in [1.54, 1.807) is 0 Å². The van der Waals surface area contributed by atoms with Crippen LogP contribution in [0.15, 0.2) is 24.3 Å². The van der Waals surface area contributed by atoms with Crippen molar-refractivity contribution in [3.8, 4) is 24.7 Å². The van der Waals surface area contributed by atoms with Gasteiger partial charge in [0.1, 0.15) is 0 Å². The molecule has 1 nitrogen and oxygen atoms in total. The summed E-state index contributed by atoms with van der Waals surface area (Å²) in [5.74, 6) is 5.16. The smallest absolute Gasteiger partial charge is 0.0801 e. The Hall–Kier alpha value is -1.86. The molecule has 0 saturated heterocycles. The summed E-state index contributed by atoms with van der Waals surface area (Å²) in [6.07, 6.45) is 10.5. The van der Waals surface area contributed by atoms with Gasteiger partial charge in [0.15, 0.2) is 0 Å². The van der Waals surface area contributed by atoms with Gasteiger partial charge in [-0.15, -0.1) is 12.8 Å². The van der Waals surface area contributed by atoms with E-state index < -0.39 is 0 Å². The van der Waals surface area contributed by atoms with E-state index >= 15 is 0 Å². The summed E-state index contributed by atoms with van der Waals surface area (Å²) in [6, 6.07) is 7.82. The van der Waals surface area contributed by atoms with Crippen molar-refractivity contribution in [1.29, 1.82) is 0 Å². The van der Waals surface area contributed by atoms with Crippen LogP contribution in [-0.4, -0.2) is 13.1 Å². The Morgan fingerprint density at radius 2 is 1.57 bits per heavy atom. The van der Waals surface area contributed by atoms with Crippen LogP contribution in [0.4, 0.5) is 5.69 Å². The standard InChI is InChI=1S/C13H12N/c1-4-10-14(11-5-2)13-8-6-12(3)7-9-13/h1-2,6-9H,3,10-11H2. The quantitative estimate of drug-likeness (QED) is 0.646. The van der Waals surface area contributed by atoms with E-state index in [-0.39, 0.29) is 0 Å². The maximum Gasteiger partial charge on any atom is 0.0801 e. The fourth-order valence-electron chi connectivity index (χ4n) is 1.17. The Bertz CT molecular complexity index is 346. The molecule has 0 amide bonds. The Kier molecular flexibility index (Phi) is 3.65. The lowest BCUT2D eigenvalue weighted by Gasteiger charge is -2.19. The highest BCUT2D eigenvalue weighted by Crippen LogP contribution is 2.13. The van der Waals surface area contributed by atoms with Crippen LogP contribution in [0.25, 0.3) is 0 Å². The van der Waals surface area contributed by atoms with Crippen LogP contribution in [0.2, 0.25) is 0 Å². The molecule has 0 aliphatic rings. The third kappa shape index (κ3) is 2.57. The molecule has 1 radical (unpaired) electrons. The van der Waals surface area contributed by atoms with Crippen molar-refractivity contribution < 1.29 is 0 Å². The summed E-state index contributed by atoms with van der Waals surface area (Å²) in [6.45, 7) is 4.87. The second-order valence-electron chi connectivity index (χ2n) is 2.93. The number of anilines is 1. The fourth-order valence-corrected chi connectivity index (χ4v) is 1.17. The molecule has 0 aliphatic carbocycles. The zero-order valence-electron chi connectivity index (χ0n) is 8.03. The molecule has 69 valence electrons. The number of nitrogens with zero attached hydrogens (tertiary/aromatic N) is 1. The maximum absolute atomic E-state index is 5.25. The predicted octanol–water partition coefficient (Wildman–Crippen LogP) is 1.94. The van der Waals surface area contributed by atoms with Gasteiger partial charge in [-0.1, -0.05) is 24.0 Å². The summed E-state index contributed by atoms with van der Waals surface area (Å²) in [4.78, 5) is 1.96. The van der Waals surface area contributed by atoms with Crippen molar-refractivity contribution in [3.63, 3.8) is 0 Å². The summed E-state index contributed by atoms with van der Waals surface area (Å²) in [5, 5.41) is 0. The molecule has 0 heterocycles. The molecule has 0 atom stereocenters. The Balaban J connectivity index is 2.84. The van der Waals surface area contributed by atoms with Gasteiger partial charge in [0.05, 0.1) is 13.1 Å². The molecule has 1 aromatic carbocycles. The van der Waals surface area contributed by atoms with Gasteiger partial charge in [-0.3, -0.25) is 0 Å². The predicted molar refractivity (Wildman–Crippen MR) is 60.8 cm³/mol. The van der Waals surface area contributed by atoms with Crippen LogP contribution in [0.3, 0.4) is 0 Å². The van der Waals surface area contributed by atoms with Gasteiger partial charge in [-0.2, -0.15) is 0 Å². The molecule has 0 unspecified atom stereocenters. The molecular formula is C13H12N. The second kappa shape index (κ2) is 5.00. The zero-order valence-corrected chi connectivity index (χ0v) is 8.03. The minimum Gasteiger partial charge on any atom is -0.349 e. The SMILES string of the molecule is C#CCN(CC#C)c1ccc([CH2])cc1. The molecule has 0 fully saturated rings. The molecule has 0 saturated carbocycles. The van der Waals surface area contributed by atoms with Crippen molar-refractivity contribution >= 4 is 5.69 Å². The van der Waals surface area contributed by atoms with Crippen LogP contribution >= 0.6 is 0 Å². The van der Waals surface area contributed by atoms with Gasteiger partial charge in [0, 0.05) is 5.69 Å². The van der Waals surface area contributed by atoms with Crippen molar-refractivity contribution in [3.05, 3.63) is 36.8 Å². The topological polar surface area (TPSA) is 3.24 Å². The van der Waals surface area contributed by atoms with Crippen molar-refractivity contribution in [2.75, 3.05) is 18.0 Å². The van der Waals surface area contributed by atoms with E-state index in [1.165, 1.54) is 0 Å². The van der Waals surface area contributed by atoms with E-state index in [0.29, 0.717) is 13.1 Å². The number of benzene rings is 1. The molecule has 0 bridgehead atoms. The van der Waals surface area contributed by atoms with Crippen molar-refractivity contribution in [1.82, 2.24) is 0 Å². The Labute approximate surface area is 85.7 Å². The van der Waals surface area contributed by atoms with E-state index in [4.69, 9.17) is 12.8 Å². The second-order valence-corrected chi connectivity index (χ2v) is 2.93. The first-order valence-corrected chi connectivity index (χ1v) is 4.32. The average molecular weight is 182 g/mol. The highest BCUT2D eigenvalue weighted by molar-refractivity contribution is 5.50. The number of rotatable bonds is 3. The molecule has 1 heteroatoms. The van der Waals surface area contributed by atoms with Gasteiger partial charge in [-0.25, -0.2) is 0 Å². The van der Waals surface area contributed by atoms with Gasteiger partial charge in [0.25, 0.3) is 0 Å². The largest absolute Gasteiger partial charge is 0.349 e. The molecule has 0 aliphatic heterocycles. The maximum atomic E-state index is 5.25. The van der Waals surface area contributed by atoms with E-state index in [9.17, 15) is 0 Å². The first-order valence-electron chi connectivity index (χ1n) is 4.32. The number of hydrogen-bond acceptors (Lipinski definition) is 1. The lowest BCUT2D eigenvalue weighted by atomic mass is 10.2. The minimum atomic E-state index is 0.528. The third-order valence-electron chi connectivity index (χ3n) is 1.87. The van der Waals surface area contributed by atoms with Gasteiger partial charge < -0.3 is 4.90 Å². The average Bonchev–Trinajstić information content (AvgIpc) is 2.19. The van der Waals surface area contributed by atoms with Gasteiger partial charge in [-0.05, 0) is 24.6 Å². The Morgan fingerprint density at radius 3 is 2.00 bits per heavy atom. The lowest BCUT2D eigenvalue weighted by Crippen LogP contribution is -2.23. The van der Waals surface area contributed by atoms with Gasteiger partial charge >= 0.3 is 0 Å². The van der Waals surface area contributed by atoms with Crippen LogP contribution in [-0.2, 0) is 0 Å². The lowest BCUT2D eigenvalue weighted by molar-refractivity contribution is 0.986. The molecule has 1 rings (SSSR count). The summed E-state index contributed by atoms with van der Waals surface area (Å²) in [7, 11) is 0. The van der Waals surface area contributed by atoms with Crippen LogP contribution in [0, 0.1) is 31.6 Å². The Morgan fingerprint density at radius 1 is 1.07 bits per heavy atom. The van der Waals surface area contributed by atoms with Gasteiger partial charge in [0.2, 0.25) is 0 Å². The molecule has 0 N–H and O–H groups in total. The first-order chi connectivity index (χ1) is 6.77. The van der Waals surface area contributed by atoms with Crippen molar-refractivity contribution in [2.45, 2.75) is 0 Å². The highest BCUT2D eigenvalue weighted by atomic mass is 15.1. The highest BCUT2D eigenvalue weighted by Gasteiger charge is 2.01. The third-order valence-corrected chi connectivity index (χ3v) is 1.87. The van der Waals surface area contributed by atoms with E-state index in [1.807, 2.05) is 29.2 Å². The van der Waals surface area contributed by atoms with Crippen LogP contribution in [0.5, 0.6) is 0 Å². The summed E-state index contributed by atoms with van der Waals surface area (Å²) >= 11 is 0. The number of terminal acetylenes is 2. The molecule has 14 heavy (non-hydrogen) atoms. The molecule has 0 aromatic heterocycles. The monoisotopic (exact) mass is 182 g/mol. The minimum absolute atomic E-state index is 0.528. The van der Waals surface area contributed by atoms with E-state index in [0.717, 1.165) is 11.3 Å². The van der Waals surface area contributed by atoms with E-state index in [2.05, 4.69) is 18.8 Å². The molecule has 0 spiro atoms. The molecule has 1 aromatic rings. The zero-order chi connectivity index (χ0) is 10.4. The number of hydrogen-bond donors (Lipinski definition) is 0. The van der Waals surface area contributed by atoms with Crippen LogP contribution < -0.4 is 4.90 Å². The van der Waals surface area contributed by atoms with Crippen molar-refractivity contribution in [2.24, 2.45) is 0 Å². The first kappa shape index (κ1) is 10.2. The van der Waals surface area contributed by atoms with Crippen LogP contribution in [0.1, 0.15) is 5.56 Å². The summed E-state index contributed by atoms with van der Waals surface area (Å²) < 4.78 is 0. The molecular weight excluding hydrogens is 170 g/mol. The summed E-state index contributed by atoms with van der Waals surface area (Å²) in [5.41, 5.74) is 2.02. The normalized spacial score (nSPS) is 8.79. The fraction of sp³-hybridized carbons (Fsp3) is 0.154.